The smallest absolute Gasteiger partial charge is 0.341 e. The fraction of sp³-hybridized carbons (Fsp3) is 0.304. The van der Waals surface area contributed by atoms with Gasteiger partial charge in [-0.3, -0.25) is 4.79 Å². The van der Waals surface area contributed by atoms with Crippen LogP contribution in [0.2, 0.25) is 0 Å². The third kappa shape index (κ3) is 4.12. The van der Waals surface area contributed by atoms with Gasteiger partial charge in [0.15, 0.2) is 0 Å². The zero-order valence-electron chi connectivity index (χ0n) is 17.5. The molecule has 0 bridgehead atoms. The van der Waals surface area contributed by atoms with Gasteiger partial charge in [-0.1, -0.05) is 45.0 Å². The summed E-state index contributed by atoms with van der Waals surface area (Å²) in [5.74, 6) is -0.283. The van der Waals surface area contributed by atoms with Gasteiger partial charge in [0.1, 0.15) is 16.3 Å². The molecule has 1 N–H and O–H groups in total. The largest absolute Gasteiger partial charge is 0.469 e. The van der Waals surface area contributed by atoms with Crippen molar-refractivity contribution in [3.05, 3.63) is 63.9 Å². The van der Waals surface area contributed by atoms with Crippen molar-refractivity contribution in [1.29, 1.82) is 0 Å². The van der Waals surface area contributed by atoms with Gasteiger partial charge in [0.2, 0.25) is 0 Å². The number of nitrogens with one attached hydrogen (secondary N) is 1. The molecule has 0 spiro atoms. The van der Waals surface area contributed by atoms with Gasteiger partial charge in [-0.05, 0) is 36.5 Å². The van der Waals surface area contributed by atoms with Crippen LogP contribution < -0.4 is 5.32 Å². The molecular weight excluding hydrogens is 386 g/mol. The third-order valence-electron chi connectivity index (χ3n) is 4.84. The fourth-order valence-corrected chi connectivity index (χ4v) is 4.26. The fourth-order valence-electron chi connectivity index (χ4n) is 3.21. The number of esters is 1. The first-order chi connectivity index (χ1) is 13.6. The van der Waals surface area contributed by atoms with E-state index in [-0.39, 0.29) is 11.3 Å². The number of methoxy groups -OCH3 is 1. The lowest BCUT2D eigenvalue weighted by molar-refractivity contribution is 0.0603. The number of anilines is 1. The highest BCUT2D eigenvalue weighted by Crippen LogP contribution is 2.41. The minimum Gasteiger partial charge on any atom is -0.469 e. The van der Waals surface area contributed by atoms with E-state index in [4.69, 9.17) is 9.15 Å². The van der Waals surface area contributed by atoms with E-state index in [9.17, 15) is 9.59 Å². The molecule has 0 atom stereocenters. The second kappa shape index (κ2) is 7.87. The van der Waals surface area contributed by atoms with Crippen LogP contribution in [0.4, 0.5) is 5.00 Å². The maximum Gasteiger partial charge on any atom is 0.341 e. The molecule has 0 aliphatic rings. The quantitative estimate of drug-likeness (QED) is 0.538. The Bertz CT molecular complexity index is 1050. The lowest BCUT2D eigenvalue weighted by atomic mass is 9.86. The molecule has 0 aliphatic heterocycles. The highest BCUT2D eigenvalue weighted by molar-refractivity contribution is 7.17. The van der Waals surface area contributed by atoms with E-state index in [1.54, 1.807) is 13.0 Å². The van der Waals surface area contributed by atoms with E-state index in [1.165, 1.54) is 30.3 Å². The van der Waals surface area contributed by atoms with E-state index in [0.717, 1.165) is 16.0 Å². The Morgan fingerprint density at radius 2 is 1.72 bits per heavy atom. The number of carbonyl (C=O) groups is 2. The second-order valence-electron chi connectivity index (χ2n) is 7.90. The number of thiophene rings is 1. The van der Waals surface area contributed by atoms with Gasteiger partial charge in [-0.2, -0.15) is 0 Å². The van der Waals surface area contributed by atoms with Crippen LogP contribution in [0.15, 0.2) is 41.0 Å². The first-order valence-electron chi connectivity index (χ1n) is 9.31. The predicted molar refractivity (Wildman–Crippen MR) is 116 cm³/mol. The molecule has 1 amide bonds. The first kappa shape index (κ1) is 20.9. The number of rotatable bonds is 4. The van der Waals surface area contributed by atoms with E-state index < -0.39 is 5.97 Å². The van der Waals surface area contributed by atoms with Crippen molar-refractivity contribution in [1.82, 2.24) is 0 Å². The summed E-state index contributed by atoms with van der Waals surface area (Å²) in [4.78, 5) is 26.2. The molecular formula is C23H25NO4S. The summed E-state index contributed by atoms with van der Waals surface area (Å²) >= 11 is 1.36. The van der Waals surface area contributed by atoms with Crippen LogP contribution in [0.5, 0.6) is 0 Å². The highest BCUT2D eigenvalue weighted by Gasteiger charge is 2.26. The molecule has 1 aromatic carbocycles. The number of benzene rings is 1. The number of aryl methyl sites for hydroxylation is 2. The molecule has 6 heteroatoms. The Hall–Kier alpha value is -2.86. The SMILES string of the molecule is COC(=O)c1c(NC(=O)c2ccoc2C)sc(C)c1-c1ccc(C(C)(C)C)cc1. The molecule has 0 saturated carbocycles. The van der Waals surface area contributed by atoms with Crippen molar-refractivity contribution in [2.24, 2.45) is 0 Å². The van der Waals surface area contributed by atoms with Crippen molar-refractivity contribution in [3.63, 3.8) is 0 Å². The summed E-state index contributed by atoms with van der Waals surface area (Å²) in [6.07, 6.45) is 1.47. The molecule has 0 unspecified atom stereocenters. The maximum absolute atomic E-state index is 12.7. The van der Waals surface area contributed by atoms with E-state index in [1.807, 2.05) is 19.1 Å². The van der Waals surface area contributed by atoms with E-state index in [2.05, 4.69) is 38.2 Å². The zero-order valence-corrected chi connectivity index (χ0v) is 18.3. The molecule has 2 heterocycles. The van der Waals surface area contributed by atoms with Crippen molar-refractivity contribution in [3.8, 4) is 11.1 Å². The van der Waals surface area contributed by atoms with Crippen molar-refractivity contribution >= 4 is 28.2 Å². The zero-order chi connectivity index (χ0) is 21.3. The summed E-state index contributed by atoms with van der Waals surface area (Å²) < 4.78 is 10.2. The molecule has 29 heavy (non-hydrogen) atoms. The Balaban J connectivity index is 2.05. The van der Waals surface area contributed by atoms with Crippen LogP contribution in [-0.4, -0.2) is 19.0 Å². The number of amides is 1. The second-order valence-corrected chi connectivity index (χ2v) is 9.13. The number of furan rings is 1. The van der Waals surface area contributed by atoms with Crippen molar-refractivity contribution in [2.45, 2.75) is 40.0 Å². The van der Waals surface area contributed by atoms with E-state index >= 15 is 0 Å². The summed E-state index contributed by atoms with van der Waals surface area (Å²) in [6.45, 7) is 10.1. The predicted octanol–water partition coefficient (Wildman–Crippen LogP) is 5.96. The lowest BCUT2D eigenvalue weighted by Crippen LogP contribution is -2.14. The number of hydrogen-bond donors (Lipinski definition) is 1. The van der Waals surface area contributed by atoms with Crippen LogP contribution in [0, 0.1) is 13.8 Å². The average Bonchev–Trinajstić information content (AvgIpc) is 3.23. The van der Waals surface area contributed by atoms with Gasteiger partial charge in [-0.25, -0.2) is 4.79 Å². The Kier molecular flexibility index (Phi) is 5.66. The average molecular weight is 412 g/mol. The number of ether oxygens (including phenoxy) is 1. The van der Waals surface area contributed by atoms with Gasteiger partial charge in [0.05, 0.1) is 18.9 Å². The van der Waals surface area contributed by atoms with Gasteiger partial charge >= 0.3 is 5.97 Å². The summed E-state index contributed by atoms with van der Waals surface area (Å²) in [6, 6.07) is 9.76. The molecule has 0 saturated heterocycles. The Morgan fingerprint density at radius 1 is 1.07 bits per heavy atom. The molecule has 3 rings (SSSR count). The molecule has 0 aliphatic carbocycles. The van der Waals surface area contributed by atoms with E-state index in [0.29, 0.717) is 21.9 Å². The lowest BCUT2D eigenvalue weighted by Gasteiger charge is -2.19. The van der Waals surface area contributed by atoms with Crippen molar-refractivity contribution in [2.75, 3.05) is 12.4 Å². The molecule has 3 aromatic rings. The van der Waals surface area contributed by atoms with Crippen LogP contribution in [0.3, 0.4) is 0 Å². The third-order valence-corrected chi connectivity index (χ3v) is 5.86. The van der Waals surface area contributed by atoms with Crippen LogP contribution in [0.1, 0.15) is 57.7 Å². The molecule has 0 radical (unpaired) electrons. The number of carbonyl (C=O) groups excluding carboxylic acids is 2. The standard InChI is InChI=1S/C23H25NO4S/c1-13-17(11-12-28-13)20(25)24-21-19(22(26)27-6)18(14(2)29-21)15-7-9-16(10-8-15)23(3,4)5/h7-12H,1-6H3,(H,24,25). The normalized spacial score (nSPS) is 11.4. The van der Waals surface area contributed by atoms with Crippen molar-refractivity contribution < 1.29 is 18.7 Å². The van der Waals surface area contributed by atoms with Crippen LogP contribution >= 0.6 is 11.3 Å². The molecule has 2 aromatic heterocycles. The summed E-state index contributed by atoms with van der Waals surface area (Å²) in [7, 11) is 1.34. The molecule has 5 nitrogen and oxygen atoms in total. The maximum atomic E-state index is 12.7. The van der Waals surface area contributed by atoms with Crippen LogP contribution in [-0.2, 0) is 10.2 Å². The summed E-state index contributed by atoms with van der Waals surface area (Å²) in [5, 5.41) is 3.32. The highest BCUT2D eigenvalue weighted by atomic mass is 32.1. The summed E-state index contributed by atoms with van der Waals surface area (Å²) in [5.41, 5.74) is 3.73. The van der Waals surface area contributed by atoms with Gasteiger partial charge in [-0.15, -0.1) is 11.3 Å². The Labute approximate surface area is 174 Å². The van der Waals surface area contributed by atoms with Crippen LogP contribution in [0.25, 0.3) is 11.1 Å². The topological polar surface area (TPSA) is 68.5 Å². The number of hydrogen-bond acceptors (Lipinski definition) is 5. The molecule has 0 fully saturated rings. The molecule has 152 valence electrons. The van der Waals surface area contributed by atoms with Gasteiger partial charge in [0.25, 0.3) is 5.91 Å². The minimum atomic E-state index is -0.483. The monoisotopic (exact) mass is 411 g/mol. The van der Waals surface area contributed by atoms with Gasteiger partial charge in [0, 0.05) is 10.4 Å². The van der Waals surface area contributed by atoms with Gasteiger partial charge < -0.3 is 14.5 Å². The minimum absolute atomic E-state index is 0.0367. The Morgan fingerprint density at radius 3 is 2.24 bits per heavy atom. The first-order valence-corrected chi connectivity index (χ1v) is 10.1.